The maximum Gasteiger partial charge on any atom is 0.126 e. The van der Waals surface area contributed by atoms with Gasteiger partial charge in [0.2, 0.25) is 0 Å². The van der Waals surface area contributed by atoms with E-state index < -0.39 is 0 Å². The first-order valence-corrected chi connectivity index (χ1v) is 5.00. The molecule has 0 bridgehead atoms. The first-order valence-electron chi connectivity index (χ1n) is 5.00. The van der Waals surface area contributed by atoms with E-state index in [4.69, 9.17) is 4.74 Å². The van der Waals surface area contributed by atoms with Crippen molar-refractivity contribution in [1.29, 1.82) is 0 Å². The van der Waals surface area contributed by atoms with E-state index in [2.05, 4.69) is 17.2 Å². The number of pyridine rings is 1. The largest absolute Gasteiger partial charge is 0.496 e. The summed E-state index contributed by atoms with van der Waals surface area (Å²) in [5, 5.41) is 3.50. The molecular weight excluding hydrogens is 176 g/mol. The van der Waals surface area contributed by atoms with Crippen molar-refractivity contribution < 1.29 is 4.74 Å². The van der Waals surface area contributed by atoms with Crippen LogP contribution in [0.25, 0.3) is 0 Å². The minimum absolute atomic E-state index is 0.0413. The molecule has 1 aliphatic heterocycles. The molecule has 0 aliphatic carbocycles. The van der Waals surface area contributed by atoms with Gasteiger partial charge in [-0.15, -0.1) is 0 Å². The second kappa shape index (κ2) is 3.58. The van der Waals surface area contributed by atoms with Crippen molar-refractivity contribution in [2.75, 3.05) is 13.7 Å². The quantitative estimate of drug-likeness (QED) is 0.774. The van der Waals surface area contributed by atoms with Crippen LogP contribution in [0.3, 0.4) is 0 Å². The number of rotatable bonds is 2. The highest BCUT2D eigenvalue weighted by molar-refractivity contribution is 5.36. The highest BCUT2D eigenvalue weighted by atomic mass is 16.5. The Bertz CT molecular complexity index is 319. The second-order valence-corrected chi connectivity index (χ2v) is 3.94. The molecule has 2 heterocycles. The minimum atomic E-state index is 0.0413. The molecule has 0 amide bonds. The Morgan fingerprint density at radius 3 is 3.07 bits per heavy atom. The third-order valence-electron chi connectivity index (χ3n) is 2.96. The molecule has 1 atom stereocenters. The monoisotopic (exact) mass is 192 g/mol. The molecule has 1 N–H and O–H groups in total. The van der Waals surface area contributed by atoms with E-state index >= 15 is 0 Å². The van der Waals surface area contributed by atoms with Crippen LogP contribution < -0.4 is 10.1 Å². The van der Waals surface area contributed by atoms with Gasteiger partial charge in [0.25, 0.3) is 0 Å². The molecule has 76 valence electrons. The second-order valence-electron chi connectivity index (χ2n) is 3.94. The molecule has 1 aliphatic rings. The molecule has 0 saturated carbocycles. The fourth-order valence-corrected chi connectivity index (χ4v) is 2.10. The van der Waals surface area contributed by atoms with E-state index in [1.54, 1.807) is 13.3 Å². The summed E-state index contributed by atoms with van der Waals surface area (Å²) in [7, 11) is 1.71. The molecular formula is C11H16N2O. The van der Waals surface area contributed by atoms with Gasteiger partial charge in [-0.2, -0.15) is 0 Å². The number of nitrogens with zero attached hydrogens (tertiary/aromatic N) is 1. The Balaban J connectivity index is 2.39. The van der Waals surface area contributed by atoms with E-state index in [0.29, 0.717) is 0 Å². The van der Waals surface area contributed by atoms with E-state index in [-0.39, 0.29) is 5.54 Å². The standard InChI is InChI=1S/C11H16N2O/c1-11(5-3-6-13-11)9-8-12-7-4-10(9)14-2/h4,7-8,13H,3,5-6H2,1-2H3. The summed E-state index contributed by atoms with van der Waals surface area (Å²) in [6.07, 6.45) is 6.03. The van der Waals surface area contributed by atoms with Crippen LogP contribution in [-0.4, -0.2) is 18.6 Å². The molecule has 2 rings (SSSR count). The highest BCUT2D eigenvalue weighted by Gasteiger charge is 2.32. The highest BCUT2D eigenvalue weighted by Crippen LogP contribution is 2.35. The van der Waals surface area contributed by atoms with Gasteiger partial charge in [0.05, 0.1) is 7.11 Å². The fourth-order valence-electron chi connectivity index (χ4n) is 2.10. The summed E-state index contributed by atoms with van der Waals surface area (Å²) in [4.78, 5) is 4.16. The first kappa shape index (κ1) is 9.46. The van der Waals surface area contributed by atoms with Crippen molar-refractivity contribution in [1.82, 2.24) is 10.3 Å². The smallest absolute Gasteiger partial charge is 0.126 e. The van der Waals surface area contributed by atoms with Crippen LogP contribution in [-0.2, 0) is 5.54 Å². The molecule has 1 aromatic heterocycles. The maximum absolute atomic E-state index is 5.34. The number of hydrogen-bond donors (Lipinski definition) is 1. The van der Waals surface area contributed by atoms with Crippen molar-refractivity contribution in [3.63, 3.8) is 0 Å². The van der Waals surface area contributed by atoms with E-state index in [0.717, 1.165) is 18.7 Å². The lowest BCUT2D eigenvalue weighted by Crippen LogP contribution is -2.33. The first-order chi connectivity index (χ1) is 6.76. The van der Waals surface area contributed by atoms with Crippen LogP contribution in [0.1, 0.15) is 25.3 Å². The van der Waals surface area contributed by atoms with Gasteiger partial charge >= 0.3 is 0 Å². The minimum Gasteiger partial charge on any atom is -0.496 e. The molecule has 1 fully saturated rings. The van der Waals surface area contributed by atoms with Crippen molar-refractivity contribution in [3.05, 3.63) is 24.0 Å². The number of aromatic nitrogens is 1. The molecule has 0 spiro atoms. The summed E-state index contributed by atoms with van der Waals surface area (Å²) < 4.78 is 5.34. The van der Waals surface area contributed by atoms with Gasteiger partial charge in [-0.25, -0.2) is 0 Å². The Morgan fingerprint density at radius 1 is 1.57 bits per heavy atom. The molecule has 3 nitrogen and oxygen atoms in total. The Hall–Kier alpha value is -1.09. The third kappa shape index (κ3) is 1.48. The van der Waals surface area contributed by atoms with Crippen LogP contribution >= 0.6 is 0 Å². The van der Waals surface area contributed by atoms with E-state index in [1.165, 1.54) is 12.0 Å². The number of methoxy groups -OCH3 is 1. The van der Waals surface area contributed by atoms with Gasteiger partial charge in [0.15, 0.2) is 0 Å². The van der Waals surface area contributed by atoms with Crippen LogP contribution in [0, 0.1) is 0 Å². The van der Waals surface area contributed by atoms with Crippen molar-refractivity contribution in [2.45, 2.75) is 25.3 Å². The average Bonchev–Trinajstić information content (AvgIpc) is 2.66. The average molecular weight is 192 g/mol. The summed E-state index contributed by atoms with van der Waals surface area (Å²) in [6, 6.07) is 1.92. The molecule has 14 heavy (non-hydrogen) atoms. The molecule has 0 aromatic carbocycles. The van der Waals surface area contributed by atoms with E-state index in [1.807, 2.05) is 12.3 Å². The van der Waals surface area contributed by atoms with Gasteiger partial charge < -0.3 is 10.1 Å². The summed E-state index contributed by atoms with van der Waals surface area (Å²) in [5.41, 5.74) is 1.21. The number of ether oxygens (including phenoxy) is 1. The summed E-state index contributed by atoms with van der Waals surface area (Å²) >= 11 is 0. The molecule has 1 unspecified atom stereocenters. The molecule has 3 heteroatoms. The van der Waals surface area contributed by atoms with Gasteiger partial charge in [-0.1, -0.05) is 0 Å². The lowest BCUT2D eigenvalue weighted by Gasteiger charge is -2.26. The van der Waals surface area contributed by atoms with Gasteiger partial charge in [-0.05, 0) is 32.4 Å². The summed E-state index contributed by atoms with van der Waals surface area (Å²) in [6.45, 7) is 3.29. The van der Waals surface area contributed by atoms with Gasteiger partial charge in [0, 0.05) is 23.5 Å². The fraction of sp³-hybridized carbons (Fsp3) is 0.545. The molecule has 1 aromatic rings. The van der Waals surface area contributed by atoms with Gasteiger partial charge in [0.1, 0.15) is 5.75 Å². The van der Waals surface area contributed by atoms with E-state index in [9.17, 15) is 0 Å². The molecule has 1 saturated heterocycles. The van der Waals surface area contributed by atoms with Crippen LogP contribution in [0.4, 0.5) is 0 Å². The lowest BCUT2D eigenvalue weighted by atomic mass is 9.91. The summed E-state index contributed by atoms with van der Waals surface area (Å²) in [5.74, 6) is 0.928. The van der Waals surface area contributed by atoms with Crippen LogP contribution in [0.2, 0.25) is 0 Å². The van der Waals surface area contributed by atoms with Crippen LogP contribution in [0.5, 0.6) is 5.75 Å². The van der Waals surface area contributed by atoms with Crippen molar-refractivity contribution >= 4 is 0 Å². The topological polar surface area (TPSA) is 34.1 Å². The van der Waals surface area contributed by atoms with Gasteiger partial charge in [-0.3, -0.25) is 4.98 Å². The van der Waals surface area contributed by atoms with Crippen molar-refractivity contribution in [2.24, 2.45) is 0 Å². The lowest BCUT2D eigenvalue weighted by molar-refractivity contribution is 0.369. The van der Waals surface area contributed by atoms with Crippen LogP contribution in [0.15, 0.2) is 18.5 Å². The Labute approximate surface area is 84.5 Å². The zero-order valence-corrected chi connectivity index (χ0v) is 8.71. The van der Waals surface area contributed by atoms with Crippen molar-refractivity contribution in [3.8, 4) is 5.75 Å². The predicted octanol–water partition coefficient (Wildman–Crippen LogP) is 1.69. The normalized spacial score (nSPS) is 26.4. The molecule has 0 radical (unpaired) electrons. The number of nitrogens with one attached hydrogen (secondary N) is 1. The Morgan fingerprint density at radius 2 is 2.43 bits per heavy atom. The Kier molecular flexibility index (Phi) is 2.42. The SMILES string of the molecule is COc1ccncc1C1(C)CCCN1. The number of hydrogen-bond acceptors (Lipinski definition) is 3. The zero-order valence-electron chi connectivity index (χ0n) is 8.71. The maximum atomic E-state index is 5.34. The third-order valence-corrected chi connectivity index (χ3v) is 2.96. The zero-order chi connectivity index (χ0) is 10.0. The predicted molar refractivity (Wildman–Crippen MR) is 55.4 cm³/mol.